The van der Waals surface area contributed by atoms with Crippen LogP contribution in [0.15, 0.2) is 0 Å². The van der Waals surface area contributed by atoms with E-state index >= 15 is 0 Å². The molecule has 0 aromatic heterocycles. The van der Waals surface area contributed by atoms with Crippen molar-refractivity contribution in [3.05, 3.63) is 0 Å². The van der Waals surface area contributed by atoms with E-state index in [0.29, 0.717) is 43.4 Å². The van der Waals surface area contributed by atoms with Crippen LogP contribution in [0.25, 0.3) is 0 Å². The number of morpholine rings is 1. The minimum Gasteiger partial charge on any atom is -0.396 e. The second kappa shape index (κ2) is 72.2. The molecule has 0 amide bonds. The van der Waals surface area contributed by atoms with Gasteiger partial charge in [-0.15, -0.1) is 0 Å². The van der Waals surface area contributed by atoms with Crippen molar-refractivity contribution < 1.29 is 24.8 Å². The molecular formula is C92H207N19O5. The molecule has 13 aliphatic rings. The number of aliphatic hydroxyl groups excluding tert-OH is 3. The topological polar surface area (TPSA) is 141 Å². The maximum Gasteiger partial charge on any atom is 0.0679 e. The van der Waals surface area contributed by atoms with Crippen LogP contribution in [0, 0.1) is 23.7 Å². The van der Waals surface area contributed by atoms with E-state index < -0.39 is 0 Å². The van der Waals surface area contributed by atoms with Gasteiger partial charge in [-0.1, -0.05) is 62.3 Å². The summed E-state index contributed by atoms with van der Waals surface area (Å²) in [6.45, 7) is 59.8. The maximum absolute atomic E-state index is 8.86. The number of aliphatic hydroxyl groups is 3. The number of likely N-dealkylation sites (N-methyl/N-ethyl adjacent to an activating group) is 10. The van der Waals surface area contributed by atoms with Crippen LogP contribution < -0.4 is 0 Å². The van der Waals surface area contributed by atoms with E-state index in [1.54, 1.807) is 7.11 Å². The lowest BCUT2D eigenvalue weighted by Gasteiger charge is -2.33. The summed E-state index contributed by atoms with van der Waals surface area (Å²) in [7, 11) is 40.5. The van der Waals surface area contributed by atoms with E-state index in [0.717, 1.165) is 82.8 Å². The molecule has 0 bridgehead atoms. The van der Waals surface area contributed by atoms with Crippen LogP contribution in [0.1, 0.15) is 166 Å². The zero-order chi connectivity index (χ0) is 85.3. The Balaban J connectivity index is 0. The van der Waals surface area contributed by atoms with Gasteiger partial charge in [0.05, 0.1) is 38.2 Å². The second-order valence-electron chi connectivity index (χ2n) is 37.8. The van der Waals surface area contributed by atoms with Crippen molar-refractivity contribution in [2.45, 2.75) is 202 Å². The van der Waals surface area contributed by atoms with Gasteiger partial charge >= 0.3 is 0 Å². The molecule has 8 unspecified atom stereocenters. The average molecular weight is 1660 g/mol. The van der Waals surface area contributed by atoms with E-state index in [2.05, 4.69) is 261 Å². The maximum atomic E-state index is 8.86. The molecule has 700 valence electrons. The number of nitrogens with zero attached hydrogens (tertiary/aromatic N) is 19. The van der Waals surface area contributed by atoms with Gasteiger partial charge in [0, 0.05) is 182 Å². The molecule has 0 spiro atoms. The summed E-state index contributed by atoms with van der Waals surface area (Å²) in [4.78, 5) is 44.9. The third-order valence-electron chi connectivity index (χ3n) is 25.1. The Hall–Kier alpha value is -0.960. The van der Waals surface area contributed by atoms with Gasteiger partial charge in [0.15, 0.2) is 0 Å². The monoisotopic (exact) mass is 1660 g/mol. The molecule has 24 heteroatoms. The third kappa shape index (κ3) is 62.2. The summed E-state index contributed by atoms with van der Waals surface area (Å²) in [5, 5.41) is 26.3. The first-order valence-electron chi connectivity index (χ1n) is 46.4. The summed E-state index contributed by atoms with van der Waals surface area (Å²) in [5.41, 5.74) is 0. The fourth-order valence-corrected chi connectivity index (χ4v) is 16.7. The number of methoxy groups -OCH3 is 1. The van der Waals surface area contributed by atoms with Crippen molar-refractivity contribution in [2.75, 3.05) is 383 Å². The van der Waals surface area contributed by atoms with E-state index in [4.69, 9.17) is 24.8 Å². The normalized spacial score (nSPS) is 27.7. The van der Waals surface area contributed by atoms with Gasteiger partial charge in [-0.25, -0.2) is 0 Å². The molecule has 116 heavy (non-hydrogen) atoms. The summed E-state index contributed by atoms with van der Waals surface area (Å²) in [5.74, 6) is 3.49. The van der Waals surface area contributed by atoms with Gasteiger partial charge in [-0.2, -0.15) is 0 Å². The molecule has 13 aliphatic heterocycles. The van der Waals surface area contributed by atoms with Gasteiger partial charge in [-0.3, -0.25) is 19.6 Å². The Morgan fingerprint density at radius 1 is 0.362 bits per heavy atom. The fourth-order valence-electron chi connectivity index (χ4n) is 16.7. The largest absolute Gasteiger partial charge is 0.396 e. The standard InChI is InChI=1S/C11H25N3.C9H21N3.C7H16N2.3C7H15NO.2C7H15N.C6H14N2.C6H13NO.C6H13N.C5H11NO.C5H11N.2CH4/c1-4-13(5-2)10-11-14-8-6-12(3)7-9-14;1-10(2)4-7-12-8-5-11(3)6-9-12;1-8(2)7-4-5-9(3)6-7;1-6-4-8(3)5-7(2)9-6;1-8-5-3-4-7(8)6-9-2;1-8-4-2-3-7(5-8)6-9;1-7-3-5-8(2)6-4-7;1-3-7-4-5-8(2)6-7;1-7-4-3-5-8(2)6-7;1-7-4-2-3-6(7)5-8;1-7-5-3-2-4-6-7;1-6-3-2-5(7)4-6;1-5-3-6(2)4-5;;/h4-11H2,1-3H3;4-9H2,1-3H3;7H,4-6H2,1-3H3;6-7H,4-5H2,1-3H3;7H,3-6H2,1-2H3;7,9H,2-6H2,1H3;2*7H,3-6H2,1-2H3;3-6H2,1-2H3;6,8H,2-5H2,1H3;2-6H2,1H3;5,7H,2-4H2,1H3;5H,3-4H2,1-2H3;2*1H4. The average Bonchev–Trinajstić information content (AvgIpc) is 1.18. The molecule has 8 atom stereocenters. The van der Waals surface area contributed by atoms with Gasteiger partial charge < -0.3 is 98.3 Å². The first kappa shape index (κ1) is 117. The second-order valence-corrected chi connectivity index (χ2v) is 37.8. The highest BCUT2D eigenvalue weighted by atomic mass is 16.5. The molecule has 0 aromatic rings. The summed E-state index contributed by atoms with van der Waals surface area (Å²) in [6, 6.07) is 1.94. The van der Waals surface area contributed by atoms with E-state index in [9.17, 15) is 0 Å². The predicted octanol–water partition coefficient (Wildman–Crippen LogP) is 8.00. The van der Waals surface area contributed by atoms with Crippen LogP contribution >= 0.6 is 0 Å². The van der Waals surface area contributed by atoms with Gasteiger partial charge in [0.1, 0.15) is 0 Å². The fraction of sp³-hybridized carbons (Fsp3) is 1.00. The smallest absolute Gasteiger partial charge is 0.0679 e. The molecule has 0 saturated carbocycles. The molecule has 13 heterocycles. The number of hydrogen-bond acceptors (Lipinski definition) is 24. The van der Waals surface area contributed by atoms with Crippen LogP contribution in [0.2, 0.25) is 0 Å². The van der Waals surface area contributed by atoms with E-state index in [-0.39, 0.29) is 21.0 Å². The molecule has 0 aromatic carbocycles. The Morgan fingerprint density at radius 3 is 1.07 bits per heavy atom. The lowest BCUT2D eigenvalue weighted by Crippen LogP contribution is -2.46. The van der Waals surface area contributed by atoms with Crippen molar-refractivity contribution in [1.82, 2.24) is 93.1 Å². The highest BCUT2D eigenvalue weighted by Crippen LogP contribution is 2.19. The lowest BCUT2D eigenvalue weighted by atomic mass is 10.00. The Kier molecular flexibility index (Phi) is 72.9. The van der Waals surface area contributed by atoms with Gasteiger partial charge in [0.25, 0.3) is 0 Å². The Labute approximate surface area is 723 Å². The number of likely N-dealkylation sites (tertiary alicyclic amines) is 9. The zero-order valence-electron chi connectivity index (χ0n) is 80.6. The number of β-amino-alcohol motifs (C(OH)–C–C–N with tert-alkyl or cyclic N) is 1. The number of ether oxygens (including phenoxy) is 2. The number of rotatable bonds is 14. The molecule has 13 rings (SSSR count). The minimum absolute atomic E-state index is 0. The first-order valence-corrected chi connectivity index (χ1v) is 46.4. The van der Waals surface area contributed by atoms with Gasteiger partial charge in [0.2, 0.25) is 0 Å². The number of piperazine rings is 2. The molecule has 24 nitrogen and oxygen atoms in total. The Morgan fingerprint density at radius 2 is 0.784 bits per heavy atom. The van der Waals surface area contributed by atoms with Crippen molar-refractivity contribution in [1.29, 1.82) is 0 Å². The zero-order valence-corrected chi connectivity index (χ0v) is 80.6. The predicted molar refractivity (Wildman–Crippen MR) is 505 cm³/mol. The number of hydrogen-bond donors (Lipinski definition) is 3. The molecule has 0 aliphatic carbocycles. The van der Waals surface area contributed by atoms with Crippen molar-refractivity contribution in [2.24, 2.45) is 23.7 Å². The summed E-state index contributed by atoms with van der Waals surface area (Å²) >= 11 is 0. The minimum atomic E-state index is -0.0509. The van der Waals surface area contributed by atoms with Crippen molar-refractivity contribution in [3.8, 4) is 0 Å². The molecule has 0 radical (unpaired) electrons. The van der Waals surface area contributed by atoms with Gasteiger partial charge in [-0.05, 0) is 326 Å². The highest BCUT2D eigenvalue weighted by Gasteiger charge is 2.25. The lowest BCUT2D eigenvalue weighted by molar-refractivity contribution is -0.0602. The molecule has 3 N–H and O–H groups in total. The van der Waals surface area contributed by atoms with Crippen molar-refractivity contribution >= 4 is 0 Å². The molecular weight excluding hydrogens is 1450 g/mol. The van der Waals surface area contributed by atoms with E-state index in [1.807, 2.05) is 7.05 Å². The quantitative estimate of drug-likeness (QED) is 0.155. The first-order chi connectivity index (χ1) is 54.2. The van der Waals surface area contributed by atoms with Crippen molar-refractivity contribution in [3.63, 3.8) is 0 Å². The highest BCUT2D eigenvalue weighted by molar-refractivity contribution is 4.80. The van der Waals surface area contributed by atoms with Crippen LogP contribution in [0.4, 0.5) is 0 Å². The van der Waals surface area contributed by atoms with Crippen LogP contribution in [-0.2, 0) is 9.47 Å². The summed E-state index contributed by atoms with van der Waals surface area (Å²) in [6.07, 6.45) is 21.8. The number of piperidine rings is 3. The molecule has 13 fully saturated rings. The van der Waals surface area contributed by atoms with Crippen LogP contribution in [-0.4, -0.2) is 528 Å². The van der Waals surface area contributed by atoms with Crippen LogP contribution in [0.3, 0.4) is 0 Å². The third-order valence-corrected chi connectivity index (χ3v) is 25.1. The summed E-state index contributed by atoms with van der Waals surface area (Å²) < 4.78 is 10.6. The molecule has 13 saturated heterocycles. The van der Waals surface area contributed by atoms with E-state index in [1.165, 1.54) is 280 Å². The Bertz CT molecular complexity index is 2050. The SMILES string of the molecule is C.C.CC1CCN(C)CC1.CC1CN(C)C1.CC1CN(C)CC(C)O1.CCC1CCN(C)C1.CCN(CC)CCN1CCN(C)CC1.CN(C)CCN1CCN(C)CC1.CN1CCC(N(C)C)C1.CN1CCC(O)C1.CN1CCCC(CO)C1.CN1CCCC1CO.CN1CCCCC1.CN1CCCN(C)C1.COCC1CCCN1C. The van der Waals surface area contributed by atoms with Crippen LogP contribution in [0.5, 0.6) is 0 Å².